The van der Waals surface area contributed by atoms with Crippen LogP contribution in [0.1, 0.15) is 35.3 Å². The van der Waals surface area contributed by atoms with Gasteiger partial charge in [-0.3, -0.25) is 4.79 Å². The highest BCUT2D eigenvalue weighted by Gasteiger charge is 2.28. The average molecular weight is 344 g/mol. The quantitative estimate of drug-likeness (QED) is 0.543. The van der Waals surface area contributed by atoms with E-state index < -0.39 is 0 Å². The SMILES string of the molecule is C/C1=C\C[C@@H]2CNC(=O)c3cc([nH]c32)-c2cccc3ccc(nc23)NC1. The molecule has 0 saturated carbocycles. The fourth-order valence-corrected chi connectivity index (χ4v) is 3.85. The molecule has 1 amide bonds. The van der Waals surface area contributed by atoms with Crippen molar-refractivity contribution in [1.82, 2.24) is 15.3 Å². The molecular weight excluding hydrogens is 324 g/mol. The van der Waals surface area contributed by atoms with Gasteiger partial charge < -0.3 is 15.6 Å². The van der Waals surface area contributed by atoms with E-state index in [4.69, 9.17) is 4.98 Å². The van der Waals surface area contributed by atoms with E-state index in [0.29, 0.717) is 6.54 Å². The van der Waals surface area contributed by atoms with Crippen molar-refractivity contribution in [3.8, 4) is 11.3 Å². The second-order valence-corrected chi connectivity index (χ2v) is 7.13. The molecule has 0 spiro atoms. The highest BCUT2D eigenvalue weighted by Crippen LogP contribution is 2.34. The van der Waals surface area contributed by atoms with E-state index in [1.165, 1.54) is 5.57 Å². The van der Waals surface area contributed by atoms with Crippen LogP contribution < -0.4 is 10.6 Å². The van der Waals surface area contributed by atoms with Crippen LogP contribution in [0.25, 0.3) is 22.2 Å². The van der Waals surface area contributed by atoms with Crippen LogP contribution in [0.15, 0.2) is 48.0 Å². The number of anilines is 1. The highest BCUT2D eigenvalue weighted by atomic mass is 16.1. The fraction of sp³-hybridized carbons (Fsp3) is 0.238. The van der Waals surface area contributed by atoms with Gasteiger partial charge in [0.05, 0.1) is 11.1 Å². The molecule has 3 N–H and O–H groups in total. The first-order valence-corrected chi connectivity index (χ1v) is 9.00. The molecule has 5 nitrogen and oxygen atoms in total. The number of allylic oxidation sites excluding steroid dienone is 1. The van der Waals surface area contributed by atoms with Gasteiger partial charge in [-0.15, -0.1) is 0 Å². The molecule has 1 aromatic carbocycles. The van der Waals surface area contributed by atoms with E-state index >= 15 is 0 Å². The molecular formula is C21H20N4O. The third-order valence-corrected chi connectivity index (χ3v) is 5.32. The first kappa shape index (κ1) is 15.2. The minimum Gasteiger partial charge on any atom is -0.366 e. The summed E-state index contributed by atoms with van der Waals surface area (Å²) in [5.41, 5.74) is 5.97. The van der Waals surface area contributed by atoms with E-state index in [0.717, 1.165) is 52.2 Å². The summed E-state index contributed by atoms with van der Waals surface area (Å²) in [6.07, 6.45) is 3.15. The van der Waals surface area contributed by atoms with Gasteiger partial charge in [0, 0.05) is 41.3 Å². The van der Waals surface area contributed by atoms with E-state index in [2.05, 4.69) is 46.8 Å². The maximum absolute atomic E-state index is 12.4. The Morgan fingerprint density at radius 3 is 2.96 bits per heavy atom. The number of aromatic nitrogens is 2. The van der Waals surface area contributed by atoms with E-state index in [1.54, 1.807) is 0 Å². The summed E-state index contributed by atoms with van der Waals surface area (Å²) < 4.78 is 0. The molecule has 5 rings (SSSR count). The maximum atomic E-state index is 12.4. The summed E-state index contributed by atoms with van der Waals surface area (Å²) in [5.74, 6) is 1.13. The molecule has 0 saturated heterocycles. The number of carbonyl (C=O) groups is 1. The number of aromatic amines is 1. The van der Waals surface area contributed by atoms with Gasteiger partial charge >= 0.3 is 0 Å². The molecule has 3 aromatic rings. The van der Waals surface area contributed by atoms with Crippen LogP contribution in [0.4, 0.5) is 5.82 Å². The second kappa shape index (κ2) is 5.73. The van der Waals surface area contributed by atoms with E-state index in [-0.39, 0.29) is 11.8 Å². The normalized spacial score (nSPS) is 21.0. The molecule has 1 atom stereocenters. The van der Waals surface area contributed by atoms with Crippen molar-refractivity contribution < 1.29 is 4.79 Å². The Labute approximate surface area is 151 Å². The smallest absolute Gasteiger partial charge is 0.253 e. The molecule has 4 bridgehead atoms. The number of rotatable bonds is 0. The Hall–Kier alpha value is -3.08. The Morgan fingerprint density at radius 1 is 1.12 bits per heavy atom. The van der Waals surface area contributed by atoms with Crippen molar-refractivity contribution in [2.45, 2.75) is 19.3 Å². The first-order valence-electron chi connectivity index (χ1n) is 9.00. The lowest BCUT2D eigenvalue weighted by Gasteiger charge is -2.22. The molecule has 2 aliphatic heterocycles. The van der Waals surface area contributed by atoms with Crippen LogP contribution in [0, 0.1) is 0 Å². The van der Waals surface area contributed by atoms with Gasteiger partial charge in [0.2, 0.25) is 0 Å². The van der Waals surface area contributed by atoms with Crippen LogP contribution >= 0.6 is 0 Å². The molecule has 4 heterocycles. The summed E-state index contributed by atoms with van der Waals surface area (Å²) in [5, 5.41) is 7.53. The van der Waals surface area contributed by atoms with Gasteiger partial charge in [-0.1, -0.05) is 29.8 Å². The predicted molar refractivity (Wildman–Crippen MR) is 103 cm³/mol. The summed E-state index contributed by atoms with van der Waals surface area (Å²) in [6.45, 7) is 3.56. The zero-order valence-corrected chi connectivity index (χ0v) is 14.6. The third kappa shape index (κ3) is 2.39. The van der Waals surface area contributed by atoms with Gasteiger partial charge in [0.15, 0.2) is 0 Å². The number of amides is 1. The van der Waals surface area contributed by atoms with Crippen molar-refractivity contribution in [3.63, 3.8) is 0 Å². The molecule has 26 heavy (non-hydrogen) atoms. The molecule has 2 aromatic heterocycles. The minimum absolute atomic E-state index is 0.00194. The van der Waals surface area contributed by atoms with Crippen molar-refractivity contribution in [2.24, 2.45) is 0 Å². The van der Waals surface area contributed by atoms with Crippen LogP contribution in [-0.2, 0) is 0 Å². The minimum atomic E-state index is 0.00194. The van der Waals surface area contributed by atoms with Gasteiger partial charge in [0.25, 0.3) is 5.91 Å². The molecule has 0 aliphatic carbocycles. The average Bonchev–Trinajstić information content (AvgIpc) is 3.11. The van der Waals surface area contributed by atoms with Crippen molar-refractivity contribution in [2.75, 3.05) is 18.4 Å². The van der Waals surface area contributed by atoms with Crippen LogP contribution in [-0.4, -0.2) is 29.0 Å². The van der Waals surface area contributed by atoms with Gasteiger partial charge in [-0.05, 0) is 31.5 Å². The summed E-state index contributed by atoms with van der Waals surface area (Å²) >= 11 is 0. The zero-order chi connectivity index (χ0) is 17.7. The number of pyridine rings is 1. The fourth-order valence-electron chi connectivity index (χ4n) is 3.85. The Morgan fingerprint density at radius 2 is 2.04 bits per heavy atom. The van der Waals surface area contributed by atoms with Gasteiger partial charge in [-0.25, -0.2) is 4.98 Å². The Balaban J connectivity index is 1.78. The van der Waals surface area contributed by atoms with Crippen molar-refractivity contribution in [1.29, 1.82) is 0 Å². The Kier molecular flexibility index (Phi) is 3.35. The number of para-hydroxylation sites is 1. The molecule has 2 aliphatic rings. The van der Waals surface area contributed by atoms with E-state index in [1.807, 2.05) is 18.2 Å². The van der Waals surface area contributed by atoms with Gasteiger partial charge in [-0.2, -0.15) is 0 Å². The topological polar surface area (TPSA) is 69.8 Å². The lowest BCUT2D eigenvalue weighted by molar-refractivity contribution is 0.0940. The molecule has 0 fully saturated rings. The number of benzene rings is 1. The lowest BCUT2D eigenvalue weighted by Crippen LogP contribution is -2.34. The number of hydrogen-bond acceptors (Lipinski definition) is 3. The van der Waals surface area contributed by atoms with Crippen LogP contribution in [0.2, 0.25) is 0 Å². The number of fused-ring (bicyclic) bond motifs is 3. The van der Waals surface area contributed by atoms with Crippen LogP contribution in [0.5, 0.6) is 0 Å². The maximum Gasteiger partial charge on any atom is 0.253 e. The van der Waals surface area contributed by atoms with E-state index in [9.17, 15) is 4.79 Å². The Bertz CT molecular complexity index is 1060. The third-order valence-electron chi connectivity index (χ3n) is 5.32. The molecule has 130 valence electrons. The standard InChI is InChI=1S/C21H20N4O/c1-12-5-6-14-11-23-21(26)16-9-17(24-20(14)16)15-4-2-3-13-7-8-18(22-10-12)25-19(13)15/h2-5,7-9,14,24H,6,10-11H2,1H3,(H,22,25)(H,23,26)/b12-5+/t14-/m1/s1. The number of nitrogens with one attached hydrogen (secondary N) is 3. The first-order chi connectivity index (χ1) is 12.7. The molecule has 0 unspecified atom stereocenters. The van der Waals surface area contributed by atoms with Crippen molar-refractivity contribution >= 4 is 22.6 Å². The molecule has 0 radical (unpaired) electrons. The molecule has 5 heteroatoms. The zero-order valence-electron chi connectivity index (χ0n) is 14.6. The monoisotopic (exact) mass is 344 g/mol. The predicted octanol–water partition coefficient (Wildman–Crippen LogP) is 3.82. The summed E-state index contributed by atoms with van der Waals surface area (Å²) in [6, 6.07) is 12.2. The highest BCUT2D eigenvalue weighted by molar-refractivity contribution is 6.00. The summed E-state index contributed by atoms with van der Waals surface area (Å²) in [7, 11) is 0. The number of carbonyl (C=O) groups excluding carboxylic acids is 1. The summed E-state index contributed by atoms with van der Waals surface area (Å²) in [4.78, 5) is 20.7. The largest absolute Gasteiger partial charge is 0.366 e. The number of hydrogen-bond donors (Lipinski definition) is 3. The lowest BCUT2D eigenvalue weighted by atomic mass is 9.93. The number of H-pyrrole nitrogens is 1. The van der Waals surface area contributed by atoms with Gasteiger partial charge in [0.1, 0.15) is 5.82 Å². The van der Waals surface area contributed by atoms with Crippen molar-refractivity contribution in [3.05, 3.63) is 59.3 Å². The second-order valence-electron chi connectivity index (χ2n) is 7.13. The number of nitrogens with zero attached hydrogens (tertiary/aromatic N) is 1. The van der Waals surface area contributed by atoms with Crippen LogP contribution in [0.3, 0.4) is 0 Å².